The van der Waals surface area contributed by atoms with Gasteiger partial charge in [-0.15, -0.1) is 0 Å². The molecule has 4 nitrogen and oxygen atoms in total. The van der Waals surface area contributed by atoms with Gasteiger partial charge in [0.25, 0.3) is 5.92 Å². The summed E-state index contributed by atoms with van der Waals surface area (Å²) in [6, 6.07) is 3.75. The lowest BCUT2D eigenvalue weighted by molar-refractivity contribution is -0.149. The number of piperidine rings is 1. The average molecular weight is 295 g/mol. The van der Waals surface area contributed by atoms with Crippen molar-refractivity contribution in [1.29, 1.82) is 0 Å². The molecule has 0 bridgehead atoms. The van der Waals surface area contributed by atoms with Gasteiger partial charge in [0.15, 0.2) is 0 Å². The van der Waals surface area contributed by atoms with E-state index in [0.717, 1.165) is 11.3 Å². The van der Waals surface area contributed by atoms with Crippen molar-refractivity contribution in [2.45, 2.75) is 32.2 Å². The van der Waals surface area contributed by atoms with Crippen molar-refractivity contribution in [3.05, 3.63) is 29.6 Å². The zero-order chi connectivity index (χ0) is 15.1. The van der Waals surface area contributed by atoms with Crippen LogP contribution >= 0.6 is 0 Å². The number of carbonyl (C=O) groups excluding carboxylic acids is 1. The fourth-order valence-electron chi connectivity index (χ4n) is 3.46. The summed E-state index contributed by atoms with van der Waals surface area (Å²) in [6.07, 6.45) is 1.81. The Morgan fingerprint density at radius 1 is 1.43 bits per heavy atom. The highest BCUT2D eigenvalue weighted by atomic mass is 19.3. The van der Waals surface area contributed by atoms with Crippen LogP contribution in [-0.4, -0.2) is 41.3 Å². The summed E-state index contributed by atoms with van der Waals surface area (Å²) in [7, 11) is 0. The van der Waals surface area contributed by atoms with Crippen molar-refractivity contribution in [2.75, 3.05) is 19.6 Å². The van der Waals surface area contributed by atoms with Gasteiger partial charge >= 0.3 is 0 Å². The van der Waals surface area contributed by atoms with Gasteiger partial charge in [0.05, 0.1) is 17.7 Å². The Kier molecular flexibility index (Phi) is 3.43. The molecule has 1 unspecified atom stereocenters. The summed E-state index contributed by atoms with van der Waals surface area (Å²) in [5, 5.41) is 2.70. The zero-order valence-electron chi connectivity index (χ0n) is 12.0. The molecule has 2 fully saturated rings. The van der Waals surface area contributed by atoms with Crippen molar-refractivity contribution in [3.8, 4) is 0 Å². The van der Waals surface area contributed by atoms with Crippen molar-refractivity contribution in [1.82, 2.24) is 15.2 Å². The van der Waals surface area contributed by atoms with Crippen LogP contribution in [-0.2, 0) is 11.3 Å². The van der Waals surface area contributed by atoms with E-state index in [1.807, 2.05) is 19.1 Å². The molecule has 0 saturated carbocycles. The van der Waals surface area contributed by atoms with Gasteiger partial charge in [0.1, 0.15) is 0 Å². The first kappa shape index (κ1) is 14.4. The van der Waals surface area contributed by atoms with Crippen LogP contribution in [0, 0.1) is 12.3 Å². The van der Waals surface area contributed by atoms with Crippen LogP contribution in [0.4, 0.5) is 8.78 Å². The van der Waals surface area contributed by atoms with E-state index in [1.54, 1.807) is 11.1 Å². The number of aromatic nitrogens is 1. The summed E-state index contributed by atoms with van der Waals surface area (Å²) in [5.41, 5.74) is 0.838. The maximum atomic E-state index is 14.1. The van der Waals surface area contributed by atoms with Gasteiger partial charge < -0.3 is 5.32 Å². The van der Waals surface area contributed by atoms with Crippen LogP contribution in [0.1, 0.15) is 24.1 Å². The number of alkyl halides is 2. The maximum absolute atomic E-state index is 14.1. The van der Waals surface area contributed by atoms with Gasteiger partial charge in [0.2, 0.25) is 5.91 Å². The second-order valence-electron chi connectivity index (χ2n) is 6.23. The van der Waals surface area contributed by atoms with Crippen LogP contribution < -0.4 is 5.32 Å². The molecule has 6 heteroatoms. The second kappa shape index (κ2) is 5.02. The standard InChI is InChI=1S/C15H19F2N3O/c1-11-3-2-5-18-12(11)7-20-9-14(4-6-19-13(14)21)8-15(16,17)10-20/h2-3,5H,4,6-10H2,1H3,(H,19,21). The number of carbonyl (C=O) groups is 1. The Balaban J connectivity index is 1.82. The number of halogens is 2. The van der Waals surface area contributed by atoms with E-state index in [0.29, 0.717) is 26.1 Å². The number of likely N-dealkylation sites (tertiary alicyclic amines) is 1. The summed E-state index contributed by atoms with van der Waals surface area (Å²) in [4.78, 5) is 18.0. The number of amides is 1. The van der Waals surface area contributed by atoms with E-state index in [9.17, 15) is 13.6 Å². The predicted octanol–water partition coefficient (Wildman–Crippen LogP) is 1.74. The first-order chi connectivity index (χ1) is 9.90. The van der Waals surface area contributed by atoms with Crippen molar-refractivity contribution in [2.24, 2.45) is 5.41 Å². The normalized spacial score (nSPS) is 28.8. The number of hydrogen-bond donors (Lipinski definition) is 1. The molecule has 21 heavy (non-hydrogen) atoms. The highest BCUT2D eigenvalue weighted by Gasteiger charge is 2.54. The van der Waals surface area contributed by atoms with Gasteiger partial charge in [0, 0.05) is 32.3 Å². The molecule has 1 aromatic rings. The van der Waals surface area contributed by atoms with Gasteiger partial charge in [-0.25, -0.2) is 8.78 Å². The summed E-state index contributed by atoms with van der Waals surface area (Å²) < 4.78 is 28.2. The minimum atomic E-state index is -2.83. The Hall–Kier alpha value is -1.56. The third-order valence-corrected chi connectivity index (χ3v) is 4.44. The third kappa shape index (κ3) is 2.77. The van der Waals surface area contributed by atoms with Gasteiger partial charge in [-0.3, -0.25) is 14.7 Å². The van der Waals surface area contributed by atoms with Crippen LogP contribution in [0.5, 0.6) is 0 Å². The monoisotopic (exact) mass is 295 g/mol. The molecule has 2 aliphatic heterocycles. The number of rotatable bonds is 2. The van der Waals surface area contributed by atoms with Crippen molar-refractivity contribution < 1.29 is 13.6 Å². The first-order valence-corrected chi connectivity index (χ1v) is 7.19. The smallest absolute Gasteiger partial charge is 0.261 e. The molecule has 1 N–H and O–H groups in total. The summed E-state index contributed by atoms with van der Waals surface area (Å²) >= 11 is 0. The van der Waals surface area contributed by atoms with Crippen LogP contribution in [0.2, 0.25) is 0 Å². The molecule has 1 atom stereocenters. The molecule has 3 rings (SSSR count). The van der Waals surface area contributed by atoms with E-state index in [-0.39, 0.29) is 18.9 Å². The quantitative estimate of drug-likeness (QED) is 0.904. The fraction of sp³-hybridized carbons (Fsp3) is 0.600. The lowest BCUT2D eigenvalue weighted by Crippen LogP contribution is -2.55. The van der Waals surface area contributed by atoms with Gasteiger partial charge in [-0.1, -0.05) is 6.07 Å². The molecule has 0 radical (unpaired) electrons. The first-order valence-electron chi connectivity index (χ1n) is 7.19. The summed E-state index contributed by atoms with van der Waals surface area (Å²) in [6.45, 7) is 2.84. The lowest BCUT2D eigenvalue weighted by atomic mass is 9.77. The molecular formula is C15H19F2N3O. The highest BCUT2D eigenvalue weighted by Crippen LogP contribution is 2.43. The largest absolute Gasteiger partial charge is 0.356 e. The molecule has 1 spiro atoms. The zero-order valence-corrected chi connectivity index (χ0v) is 12.0. The molecule has 0 aromatic carbocycles. The highest BCUT2D eigenvalue weighted by molar-refractivity contribution is 5.85. The van der Waals surface area contributed by atoms with E-state index in [4.69, 9.17) is 0 Å². The Bertz CT molecular complexity index is 564. The number of pyridine rings is 1. The van der Waals surface area contributed by atoms with Gasteiger partial charge in [-0.05, 0) is 25.0 Å². The van der Waals surface area contributed by atoms with E-state index in [1.165, 1.54) is 0 Å². The van der Waals surface area contributed by atoms with Crippen LogP contribution in [0.25, 0.3) is 0 Å². The van der Waals surface area contributed by atoms with E-state index in [2.05, 4.69) is 10.3 Å². The Labute approximate surface area is 122 Å². The van der Waals surface area contributed by atoms with Crippen molar-refractivity contribution in [3.63, 3.8) is 0 Å². The molecule has 2 saturated heterocycles. The molecule has 0 aliphatic carbocycles. The number of nitrogens with one attached hydrogen (secondary N) is 1. The number of aryl methyl sites for hydroxylation is 1. The summed E-state index contributed by atoms with van der Waals surface area (Å²) in [5.74, 6) is -3.06. The molecular weight excluding hydrogens is 276 g/mol. The number of hydrogen-bond acceptors (Lipinski definition) is 3. The minimum absolute atomic E-state index is 0.232. The Morgan fingerprint density at radius 2 is 2.24 bits per heavy atom. The van der Waals surface area contributed by atoms with Crippen LogP contribution in [0.3, 0.4) is 0 Å². The van der Waals surface area contributed by atoms with E-state index < -0.39 is 11.3 Å². The third-order valence-electron chi connectivity index (χ3n) is 4.44. The lowest BCUT2D eigenvalue weighted by Gasteiger charge is -2.42. The average Bonchev–Trinajstić information content (AvgIpc) is 2.71. The SMILES string of the molecule is Cc1cccnc1CN1CC(F)(F)CC2(CCNC2=O)C1. The number of nitrogens with zero attached hydrogens (tertiary/aromatic N) is 2. The topological polar surface area (TPSA) is 45.2 Å². The van der Waals surface area contributed by atoms with Crippen molar-refractivity contribution >= 4 is 5.91 Å². The predicted molar refractivity (Wildman–Crippen MR) is 73.9 cm³/mol. The van der Waals surface area contributed by atoms with Gasteiger partial charge in [-0.2, -0.15) is 0 Å². The van der Waals surface area contributed by atoms with E-state index >= 15 is 0 Å². The molecule has 2 aliphatic rings. The minimum Gasteiger partial charge on any atom is -0.356 e. The molecule has 1 amide bonds. The van der Waals surface area contributed by atoms with Crippen LogP contribution in [0.15, 0.2) is 18.3 Å². The fourth-order valence-corrected chi connectivity index (χ4v) is 3.46. The molecule has 114 valence electrons. The maximum Gasteiger partial charge on any atom is 0.261 e. The molecule has 3 heterocycles. The molecule has 1 aromatic heterocycles. The second-order valence-corrected chi connectivity index (χ2v) is 6.23. The Morgan fingerprint density at radius 3 is 2.90 bits per heavy atom.